The van der Waals surface area contributed by atoms with E-state index in [2.05, 4.69) is 18.8 Å². The molecule has 0 atom stereocenters. The highest BCUT2D eigenvalue weighted by Gasteiger charge is 2.21. The van der Waals surface area contributed by atoms with Crippen molar-refractivity contribution in [3.63, 3.8) is 0 Å². The number of rotatable bonds is 7. The molecule has 178 valence electrons. The van der Waals surface area contributed by atoms with Gasteiger partial charge in [-0.3, -0.25) is 0 Å². The van der Waals surface area contributed by atoms with Crippen LogP contribution < -0.4 is 0 Å². The third-order valence-corrected chi connectivity index (χ3v) is 6.17. The second-order valence-corrected chi connectivity index (χ2v) is 8.89. The first-order valence-electron chi connectivity index (χ1n) is 11.9. The van der Waals surface area contributed by atoms with Crippen LogP contribution in [-0.2, 0) is 15.9 Å². The predicted molar refractivity (Wildman–Crippen MR) is 128 cm³/mol. The van der Waals surface area contributed by atoms with Crippen LogP contribution >= 0.6 is 0 Å². The second-order valence-electron chi connectivity index (χ2n) is 8.89. The topological polar surface area (TPSA) is 18.5 Å². The normalized spacial score (nSPS) is 18.0. The molecule has 1 fully saturated rings. The molecule has 5 heteroatoms. The summed E-state index contributed by atoms with van der Waals surface area (Å²) in [5, 5.41) is 1.12. The Kier molecular flexibility index (Phi) is 8.26. The van der Waals surface area contributed by atoms with E-state index < -0.39 is 11.6 Å². The Bertz CT molecular complexity index is 1190. The van der Waals surface area contributed by atoms with Crippen molar-refractivity contribution in [2.24, 2.45) is 5.92 Å². The highest BCUT2D eigenvalue weighted by atomic mass is 19.2. The smallest absolute Gasteiger partial charge is 0.159 e. The molecule has 3 aromatic carbocycles. The van der Waals surface area contributed by atoms with Gasteiger partial charge < -0.3 is 9.47 Å². The largest absolute Gasteiger partial charge is 0.352 e. The summed E-state index contributed by atoms with van der Waals surface area (Å²) < 4.78 is 53.2. The fraction of sp³-hybridized carbons (Fsp3) is 0.379. The van der Waals surface area contributed by atoms with Gasteiger partial charge in [-0.25, -0.2) is 13.2 Å². The van der Waals surface area contributed by atoms with Crippen LogP contribution in [0, 0.1) is 35.2 Å². The number of hydrogen-bond donors (Lipinski definition) is 0. The summed E-state index contributed by atoms with van der Waals surface area (Å²) >= 11 is 0. The first-order valence-corrected chi connectivity index (χ1v) is 11.9. The summed E-state index contributed by atoms with van der Waals surface area (Å²) in [6.07, 6.45) is 5.91. The number of benzene rings is 3. The van der Waals surface area contributed by atoms with Crippen LogP contribution in [0.25, 0.3) is 10.8 Å². The van der Waals surface area contributed by atoms with Gasteiger partial charge in [-0.05, 0) is 65.6 Å². The molecule has 0 amide bonds. The third-order valence-electron chi connectivity index (χ3n) is 6.17. The lowest BCUT2D eigenvalue weighted by atomic mass is 10.0. The second kappa shape index (κ2) is 11.6. The molecule has 4 rings (SSSR count). The number of halogens is 3. The Morgan fingerprint density at radius 3 is 2.29 bits per heavy atom. The summed E-state index contributed by atoms with van der Waals surface area (Å²) in [6, 6.07) is 12.4. The van der Waals surface area contributed by atoms with E-state index in [1.165, 1.54) is 25.3 Å². The van der Waals surface area contributed by atoms with Crippen molar-refractivity contribution in [1.82, 2.24) is 0 Å². The molecular weight excluding hydrogens is 437 g/mol. The molecule has 34 heavy (non-hydrogen) atoms. The predicted octanol–water partition coefficient (Wildman–Crippen LogP) is 7.16. The third kappa shape index (κ3) is 6.40. The zero-order valence-corrected chi connectivity index (χ0v) is 19.4. The zero-order valence-electron chi connectivity index (χ0n) is 19.4. The van der Waals surface area contributed by atoms with Crippen molar-refractivity contribution in [3.8, 4) is 11.8 Å². The molecule has 0 unspecified atom stereocenters. The molecule has 1 saturated heterocycles. The Balaban J connectivity index is 1.32. The molecule has 1 heterocycles. The number of fused-ring (bicyclic) bond motifs is 1. The Morgan fingerprint density at radius 2 is 1.56 bits per heavy atom. The fourth-order valence-electron chi connectivity index (χ4n) is 4.16. The van der Waals surface area contributed by atoms with Crippen molar-refractivity contribution in [2.45, 2.75) is 51.7 Å². The lowest BCUT2D eigenvalue weighted by molar-refractivity contribution is -0.203. The molecule has 3 aromatic rings. The summed E-state index contributed by atoms with van der Waals surface area (Å²) in [7, 11) is 0. The van der Waals surface area contributed by atoms with Gasteiger partial charge in [0.2, 0.25) is 0 Å². The minimum Gasteiger partial charge on any atom is -0.352 e. The zero-order chi connectivity index (χ0) is 23.9. The van der Waals surface area contributed by atoms with E-state index in [0.717, 1.165) is 37.3 Å². The van der Waals surface area contributed by atoms with Crippen LogP contribution in [0.2, 0.25) is 0 Å². The minimum absolute atomic E-state index is 0.240. The van der Waals surface area contributed by atoms with E-state index in [9.17, 15) is 13.2 Å². The van der Waals surface area contributed by atoms with Crippen LogP contribution in [0.5, 0.6) is 0 Å². The van der Waals surface area contributed by atoms with Crippen molar-refractivity contribution in [1.29, 1.82) is 0 Å². The first kappa shape index (κ1) is 24.3. The number of ether oxygens (including phenoxy) is 2. The average Bonchev–Trinajstić information content (AvgIpc) is 2.84. The Labute approximate surface area is 199 Å². The molecule has 0 aliphatic carbocycles. The minimum atomic E-state index is -0.907. The van der Waals surface area contributed by atoms with Crippen molar-refractivity contribution in [3.05, 3.63) is 82.7 Å². The SMILES string of the molecule is CCCCCC1COC(CCc2ccc(C#Cc3ccc4cc(F)c(F)cc4c3)c(F)c2)OC1. The maximum Gasteiger partial charge on any atom is 0.159 e. The number of unbranched alkanes of at least 4 members (excludes halogenated alkanes) is 2. The van der Waals surface area contributed by atoms with E-state index in [1.54, 1.807) is 24.3 Å². The standard InChI is InChI=1S/C29H29F3O2/c1-2-3-4-5-22-18-33-29(34-19-22)13-9-21-7-11-23(26(30)15-21)10-6-20-8-12-24-16-27(31)28(32)17-25(24)14-20/h7-8,11-12,14-17,22,29H,2-5,9,13,18-19H2,1H3. The van der Waals surface area contributed by atoms with Gasteiger partial charge in [0.1, 0.15) is 5.82 Å². The summed E-state index contributed by atoms with van der Waals surface area (Å²) in [6.45, 7) is 3.66. The first-order chi connectivity index (χ1) is 16.5. The van der Waals surface area contributed by atoms with Crippen LogP contribution in [-0.4, -0.2) is 19.5 Å². The van der Waals surface area contributed by atoms with Gasteiger partial charge in [0.05, 0.1) is 18.8 Å². The Morgan fingerprint density at radius 1 is 0.794 bits per heavy atom. The number of aryl methyl sites for hydroxylation is 1. The lowest BCUT2D eigenvalue weighted by Crippen LogP contribution is -2.32. The van der Waals surface area contributed by atoms with Crippen molar-refractivity contribution < 1.29 is 22.6 Å². The molecule has 1 aliphatic heterocycles. The van der Waals surface area contributed by atoms with Gasteiger partial charge >= 0.3 is 0 Å². The van der Waals surface area contributed by atoms with E-state index >= 15 is 0 Å². The van der Waals surface area contributed by atoms with Crippen LogP contribution in [0.3, 0.4) is 0 Å². The number of hydrogen-bond acceptors (Lipinski definition) is 2. The van der Waals surface area contributed by atoms with Crippen LogP contribution in [0.4, 0.5) is 13.2 Å². The summed E-state index contributed by atoms with van der Waals surface area (Å²) in [5.41, 5.74) is 1.75. The fourth-order valence-corrected chi connectivity index (χ4v) is 4.16. The quantitative estimate of drug-likeness (QED) is 0.272. The highest BCUT2D eigenvalue weighted by Crippen LogP contribution is 2.22. The molecule has 0 aromatic heterocycles. The lowest BCUT2D eigenvalue weighted by Gasteiger charge is -2.29. The van der Waals surface area contributed by atoms with E-state index in [-0.39, 0.29) is 17.7 Å². The molecule has 0 saturated carbocycles. The Hall–Kier alpha value is -2.81. The van der Waals surface area contributed by atoms with Gasteiger partial charge in [0.25, 0.3) is 0 Å². The van der Waals surface area contributed by atoms with Crippen LogP contribution in [0.15, 0.2) is 48.5 Å². The molecule has 0 bridgehead atoms. The molecule has 0 N–H and O–H groups in total. The average molecular weight is 467 g/mol. The molecular formula is C29H29F3O2. The monoisotopic (exact) mass is 466 g/mol. The molecule has 0 spiro atoms. The van der Waals surface area contributed by atoms with Gasteiger partial charge in [0, 0.05) is 17.9 Å². The van der Waals surface area contributed by atoms with Crippen molar-refractivity contribution >= 4 is 10.8 Å². The maximum absolute atomic E-state index is 14.6. The molecule has 1 aliphatic rings. The molecule has 2 nitrogen and oxygen atoms in total. The highest BCUT2D eigenvalue weighted by molar-refractivity contribution is 5.84. The van der Waals surface area contributed by atoms with Crippen molar-refractivity contribution in [2.75, 3.05) is 13.2 Å². The summed E-state index contributed by atoms with van der Waals surface area (Å²) in [4.78, 5) is 0. The van der Waals surface area contributed by atoms with E-state index in [0.29, 0.717) is 35.1 Å². The van der Waals surface area contributed by atoms with E-state index in [4.69, 9.17) is 9.47 Å². The van der Waals surface area contributed by atoms with Gasteiger partial charge in [-0.2, -0.15) is 0 Å². The van der Waals surface area contributed by atoms with Gasteiger partial charge in [-0.15, -0.1) is 0 Å². The van der Waals surface area contributed by atoms with Gasteiger partial charge in [0.15, 0.2) is 17.9 Å². The maximum atomic E-state index is 14.6. The summed E-state index contributed by atoms with van der Waals surface area (Å²) in [5.74, 6) is 4.03. The molecule has 0 radical (unpaired) electrons. The van der Waals surface area contributed by atoms with Gasteiger partial charge in [-0.1, -0.05) is 50.2 Å². The van der Waals surface area contributed by atoms with Crippen LogP contribution in [0.1, 0.15) is 55.7 Å². The van der Waals surface area contributed by atoms with E-state index in [1.807, 2.05) is 6.07 Å².